The summed E-state index contributed by atoms with van der Waals surface area (Å²) in [5.41, 5.74) is 8.55. The number of hydrogen-bond acceptors (Lipinski definition) is 2. The molecule has 3 N–H and O–H groups in total. The highest BCUT2D eigenvalue weighted by Gasteiger charge is 2.37. The van der Waals surface area contributed by atoms with Gasteiger partial charge in [0, 0.05) is 23.3 Å². The van der Waals surface area contributed by atoms with Gasteiger partial charge in [0.05, 0.1) is 0 Å². The van der Waals surface area contributed by atoms with Gasteiger partial charge in [-0.15, -0.1) is 0 Å². The highest BCUT2D eigenvalue weighted by Crippen LogP contribution is 2.37. The SMILES string of the molecule is NC1(CCc2c[nH]c3ncccc23)CC1. The van der Waals surface area contributed by atoms with E-state index in [1.165, 1.54) is 23.8 Å². The third-order valence-electron chi connectivity index (χ3n) is 3.32. The van der Waals surface area contributed by atoms with Crippen LogP contribution in [-0.4, -0.2) is 15.5 Å². The van der Waals surface area contributed by atoms with E-state index in [1.807, 2.05) is 12.3 Å². The molecule has 0 saturated heterocycles. The van der Waals surface area contributed by atoms with Crippen molar-refractivity contribution in [2.45, 2.75) is 31.2 Å². The van der Waals surface area contributed by atoms with Crippen LogP contribution in [-0.2, 0) is 6.42 Å². The summed E-state index contributed by atoms with van der Waals surface area (Å²) in [4.78, 5) is 7.47. The lowest BCUT2D eigenvalue weighted by Crippen LogP contribution is -2.21. The van der Waals surface area contributed by atoms with Gasteiger partial charge < -0.3 is 10.7 Å². The summed E-state index contributed by atoms with van der Waals surface area (Å²) in [6.45, 7) is 0. The fourth-order valence-corrected chi connectivity index (χ4v) is 2.01. The summed E-state index contributed by atoms with van der Waals surface area (Å²) in [5, 5.41) is 1.24. The predicted octanol–water partition coefficient (Wildman–Crippen LogP) is 1.99. The molecule has 78 valence electrons. The number of aromatic amines is 1. The Labute approximate surface area is 88.7 Å². The minimum Gasteiger partial charge on any atom is -0.346 e. The van der Waals surface area contributed by atoms with Crippen LogP contribution in [0.3, 0.4) is 0 Å². The normalized spacial score (nSPS) is 18.2. The molecule has 15 heavy (non-hydrogen) atoms. The topological polar surface area (TPSA) is 54.7 Å². The second-order valence-electron chi connectivity index (χ2n) is 4.58. The number of nitrogens with one attached hydrogen (secondary N) is 1. The van der Waals surface area contributed by atoms with Crippen LogP contribution in [0.2, 0.25) is 0 Å². The number of pyridine rings is 1. The van der Waals surface area contributed by atoms with Crippen molar-refractivity contribution < 1.29 is 0 Å². The van der Waals surface area contributed by atoms with Gasteiger partial charge in [0.2, 0.25) is 0 Å². The summed E-state index contributed by atoms with van der Waals surface area (Å²) >= 11 is 0. The fraction of sp³-hybridized carbons (Fsp3) is 0.417. The molecule has 0 atom stereocenters. The number of aryl methyl sites for hydroxylation is 1. The van der Waals surface area contributed by atoms with Crippen LogP contribution in [0.15, 0.2) is 24.5 Å². The van der Waals surface area contributed by atoms with E-state index in [-0.39, 0.29) is 5.54 Å². The lowest BCUT2D eigenvalue weighted by molar-refractivity contribution is 0.610. The number of rotatable bonds is 3. The second kappa shape index (κ2) is 3.07. The minimum absolute atomic E-state index is 0.145. The first-order chi connectivity index (χ1) is 7.27. The lowest BCUT2D eigenvalue weighted by Gasteiger charge is -2.06. The average Bonchev–Trinajstić information content (AvgIpc) is 2.86. The molecular formula is C12H15N3. The van der Waals surface area contributed by atoms with Crippen LogP contribution < -0.4 is 5.73 Å². The Morgan fingerprint density at radius 1 is 1.47 bits per heavy atom. The second-order valence-corrected chi connectivity index (χ2v) is 4.58. The zero-order chi connectivity index (χ0) is 10.3. The third-order valence-corrected chi connectivity index (χ3v) is 3.32. The Morgan fingerprint density at radius 3 is 3.13 bits per heavy atom. The molecule has 2 aromatic heterocycles. The third kappa shape index (κ3) is 1.63. The molecule has 3 rings (SSSR count). The molecule has 0 radical (unpaired) electrons. The van der Waals surface area contributed by atoms with Crippen molar-refractivity contribution in [3.63, 3.8) is 0 Å². The molecule has 0 aliphatic heterocycles. The van der Waals surface area contributed by atoms with Crippen LogP contribution in [0, 0.1) is 0 Å². The smallest absolute Gasteiger partial charge is 0.137 e. The summed E-state index contributed by atoms with van der Waals surface area (Å²) in [5.74, 6) is 0. The van der Waals surface area contributed by atoms with Crippen molar-refractivity contribution in [3.05, 3.63) is 30.1 Å². The maximum Gasteiger partial charge on any atom is 0.137 e. The van der Waals surface area contributed by atoms with Crippen LogP contribution >= 0.6 is 0 Å². The molecule has 0 spiro atoms. The molecular weight excluding hydrogens is 186 g/mol. The van der Waals surface area contributed by atoms with Gasteiger partial charge >= 0.3 is 0 Å². The summed E-state index contributed by atoms with van der Waals surface area (Å²) in [6.07, 6.45) is 8.40. The van der Waals surface area contributed by atoms with Crippen LogP contribution in [0.5, 0.6) is 0 Å². The quantitative estimate of drug-likeness (QED) is 0.797. The molecule has 0 bridgehead atoms. The van der Waals surface area contributed by atoms with Gasteiger partial charge in [0.25, 0.3) is 0 Å². The molecule has 1 fully saturated rings. The van der Waals surface area contributed by atoms with Gasteiger partial charge in [-0.2, -0.15) is 0 Å². The van der Waals surface area contributed by atoms with Gasteiger partial charge in [-0.05, 0) is 43.4 Å². The first kappa shape index (κ1) is 8.92. The number of nitrogens with zero attached hydrogens (tertiary/aromatic N) is 1. The maximum atomic E-state index is 6.08. The highest BCUT2D eigenvalue weighted by molar-refractivity contribution is 5.79. The molecule has 1 aliphatic carbocycles. The van der Waals surface area contributed by atoms with E-state index in [1.54, 1.807) is 0 Å². The number of H-pyrrole nitrogens is 1. The molecule has 2 aromatic rings. The predicted molar refractivity (Wildman–Crippen MR) is 60.6 cm³/mol. The van der Waals surface area contributed by atoms with E-state index in [0.717, 1.165) is 18.5 Å². The largest absolute Gasteiger partial charge is 0.346 e. The van der Waals surface area contributed by atoms with Crippen molar-refractivity contribution in [1.29, 1.82) is 0 Å². The monoisotopic (exact) mass is 201 g/mol. The standard InChI is InChI=1S/C12H15N3/c13-12(5-6-12)4-3-9-8-15-11-10(9)2-1-7-14-11/h1-2,7-8H,3-6,13H2,(H,14,15). The van der Waals surface area contributed by atoms with E-state index in [9.17, 15) is 0 Å². The molecule has 1 saturated carbocycles. The Bertz CT molecular complexity index is 482. The first-order valence-corrected chi connectivity index (χ1v) is 5.47. The van der Waals surface area contributed by atoms with Gasteiger partial charge in [-0.25, -0.2) is 4.98 Å². The van der Waals surface area contributed by atoms with Gasteiger partial charge in [0.1, 0.15) is 5.65 Å². The van der Waals surface area contributed by atoms with Crippen molar-refractivity contribution in [1.82, 2.24) is 9.97 Å². The first-order valence-electron chi connectivity index (χ1n) is 5.47. The minimum atomic E-state index is 0.145. The van der Waals surface area contributed by atoms with Crippen LogP contribution in [0.1, 0.15) is 24.8 Å². The number of fused-ring (bicyclic) bond motifs is 1. The molecule has 0 amide bonds. The summed E-state index contributed by atoms with van der Waals surface area (Å²) < 4.78 is 0. The van der Waals surface area contributed by atoms with Crippen LogP contribution in [0.4, 0.5) is 0 Å². The van der Waals surface area contributed by atoms with E-state index < -0.39 is 0 Å². The molecule has 3 nitrogen and oxygen atoms in total. The van der Waals surface area contributed by atoms with E-state index in [4.69, 9.17) is 5.73 Å². The molecule has 3 heteroatoms. The number of hydrogen-bond donors (Lipinski definition) is 2. The van der Waals surface area contributed by atoms with Crippen molar-refractivity contribution >= 4 is 11.0 Å². The lowest BCUT2D eigenvalue weighted by atomic mass is 10.0. The molecule has 1 aliphatic rings. The Morgan fingerprint density at radius 2 is 2.33 bits per heavy atom. The Hall–Kier alpha value is -1.35. The fourth-order valence-electron chi connectivity index (χ4n) is 2.01. The van der Waals surface area contributed by atoms with Crippen molar-refractivity contribution in [2.24, 2.45) is 5.73 Å². The van der Waals surface area contributed by atoms with Gasteiger partial charge in [-0.3, -0.25) is 0 Å². The summed E-state index contributed by atoms with van der Waals surface area (Å²) in [6, 6.07) is 4.10. The zero-order valence-electron chi connectivity index (χ0n) is 8.66. The van der Waals surface area contributed by atoms with E-state index >= 15 is 0 Å². The molecule has 0 aromatic carbocycles. The van der Waals surface area contributed by atoms with Gasteiger partial charge in [0.15, 0.2) is 0 Å². The molecule has 2 heterocycles. The van der Waals surface area contributed by atoms with E-state index in [0.29, 0.717) is 0 Å². The average molecular weight is 201 g/mol. The Balaban J connectivity index is 1.84. The van der Waals surface area contributed by atoms with Gasteiger partial charge in [-0.1, -0.05) is 0 Å². The summed E-state index contributed by atoms with van der Waals surface area (Å²) in [7, 11) is 0. The van der Waals surface area contributed by atoms with E-state index in [2.05, 4.69) is 22.2 Å². The zero-order valence-corrected chi connectivity index (χ0v) is 8.66. The Kier molecular flexibility index (Phi) is 1.83. The number of aromatic nitrogens is 2. The highest BCUT2D eigenvalue weighted by atomic mass is 14.8. The maximum absolute atomic E-state index is 6.08. The molecule has 0 unspecified atom stereocenters. The number of nitrogens with two attached hydrogens (primary N) is 1. The van der Waals surface area contributed by atoms with Crippen LogP contribution in [0.25, 0.3) is 11.0 Å². The van der Waals surface area contributed by atoms with Crippen molar-refractivity contribution in [3.8, 4) is 0 Å². The van der Waals surface area contributed by atoms with Crippen molar-refractivity contribution in [2.75, 3.05) is 0 Å².